The van der Waals surface area contributed by atoms with Gasteiger partial charge in [0.05, 0.1) is 18.8 Å². The van der Waals surface area contributed by atoms with Gasteiger partial charge < -0.3 is 14.9 Å². The van der Waals surface area contributed by atoms with Crippen molar-refractivity contribution in [1.82, 2.24) is 0 Å². The minimum atomic E-state index is -0.746. The first-order chi connectivity index (χ1) is 7.53. The van der Waals surface area contributed by atoms with Crippen molar-refractivity contribution in [2.45, 2.75) is 58.2 Å². The zero-order valence-corrected chi connectivity index (χ0v) is 10.8. The van der Waals surface area contributed by atoms with Crippen LogP contribution in [0.2, 0.25) is 0 Å². The highest BCUT2D eigenvalue weighted by molar-refractivity contribution is 4.92. The van der Waals surface area contributed by atoms with Crippen molar-refractivity contribution in [3.8, 4) is 0 Å². The summed E-state index contributed by atoms with van der Waals surface area (Å²) in [6, 6.07) is 0. The molecule has 0 aromatic rings. The van der Waals surface area contributed by atoms with Gasteiger partial charge in [-0.15, -0.1) is 0 Å². The van der Waals surface area contributed by atoms with Gasteiger partial charge in [0.2, 0.25) is 0 Å². The van der Waals surface area contributed by atoms with Crippen molar-refractivity contribution in [2.24, 2.45) is 11.8 Å². The molecule has 0 aromatic carbocycles. The summed E-state index contributed by atoms with van der Waals surface area (Å²) in [5, 5.41) is 18.2. The van der Waals surface area contributed by atoms with Crippen molar-refractivity contribution in [3.05, 3.63) is 0 Å². The van der Waals surface area contributed by atoms with Crippen LogP contribution < -0.4 is 0 Å². The van der Waals surface area contributed by atoms with Gasteiger partial charge in [0.15, 0.2) is 0 Å². The Bertz CT molecular complexity index is 205. The van der Waals surface area contributed by atoms with Gasteiger partial charge in [0, 0.05) is 0 Å². The van der Waals surface area contributed by atoms with Gasteiger partial charge in [0.25, 0.3) is 0 Å². The number of hydrogen-bond acceptors (Lipinski definition) is 3. The van der Waals surface area contributed by atoms with Crippen LogP contribution >= 0.6 is 0 Å². The molecule has 0 aliphatic heterocycles. The summed E-state index contributed by atoms with van der Waals surface area (Å²) in [6.45, 7) is 6.65. The van der Waals surface area contributed by atoms with E-state index in [1.54, 1.807) is 0 Å². The molecule has 1 fully saturated rings. The highest BCUT2D eigenvalue weighted by atomic mass is 16.5. The van der Waals surface area contributed by atoms with Crippen LogP contribution in [0.4, 0.5) is 0 Å². The summed E-state index contributed by atoms with van der Waals surface area (Å²) in [6.07, 6.45) is 4.01. The van der Waals surface area contributed by atoms with Crippen LogP contribution in [0.15, 0.2) is 0 Å². The fourth-order valence-electron chi connectivity index (χ4n) is 2.89. The molecule has 3 heteroatoms. The Morgan fingerprint density at radius 2 is 2.06 bits per heavy atom. The summed E-state index contributed by atoms with van der Waals surface area (Å²) >= 11 is 0. The molecule has 96 valence electrons. The van der Waals surface area contributed by atoms with Crippen molar-refractivity contribution in [1.29, 1.82) is 0 Å². The highest BCUT2D eigenvalue weighted by Gasteiger charge is 2.42. The second-order valence-corrected chi connectivity index (χ2v) is 5.40. The lowest BCUT2D eigenvalue weighted by Crippen LogP contribution is -2.48. The molecule has 0 radical (unpaired) electrons. The predicted molar refractivity (Wildman–Crippen MR) is 64.2 cm³/mol. The standard InChI is InChI=1S/C13H26O3/c1-10(2)13(16-9-12(15)8-14)7-5-4-6-11(13)3/h10-12,14-15H,4-9H2,1-3H3. The quantitative estimate of drug-likeness (QED) is 0.759. The minimum Gasteiger partial charge on any atom is -0.394 e. The average Bonchev–Trinajstić information content (AvgIpc) is 2.27. The molecule has 0 amide bonds. The Morgan fingerprint density at radius 1 is 1.38 bits per heavy atom. The van der Waals surface area contributed by atoms with Crippen molar-refractivity contribution >= 4 is 0 Å². The minimum absolute atomic E-state index is 0.103. The maximum Gasteiger partial charge on any atom is 0.100 e. The van der Waals surface area contributed by atoms with Gasteiger partial charge in [-0.05, 0) is 24.7 Å². The molecule has 1 saturated carbocycles. The van der Waals surface area contributed by atoms with Gasteiger partial charge in [0.1, 0.15) is 6.10 Å². The lowest BCUT2D eigenvalue weighted by molar-refractivity contribution is -0.155. The summed E-state index contributed by atoms with van der Waals surface area (Å²) in [7, 11) is 0. The lowest BCUT2D eigenvalue weighted by Gasteiger charge is -2.46. The fraction of sp³-hybridized carbons (Fsp3) is 1.00. The monoisotopic (exact) mass is 230 g/mol. The molecular weight excluding hydrogens is 204 g/mol. The average molecular weight is 230 g/mol. The van der Waals surface area contributed by atoms with E-state index < -0.39 is 6.10 Å². The van der Waals surface area contributed by atoms with Crippen LogP contribution in [0, 0.1) is 11.8 Å². The van der Waals surface area contributed by atoms with Crippen LogP contribution in [-0.2, 0) is 4.74 Å². The van der Waals surface area contributed by atoms with Crippen LogP contribution in [0.1, 0.15) is 46.5 Å². The van der Waals surface area contributed by atoms with E-state index in [9.17, 15) is 5.11 Å². The molecule has 16 heavy (non-hydrogen) atoms. The van der Waals surface area contributed by atoms with Gasteiger partial charge in [-0.3, -0.25) is 0 Å². The molecule has 0 heterocycles. The molecule has 3 nitrogen and oxygen atoms in total. The van der Waals surface area contributed by atoms with Crippen molar-refractivity contribution in [2.75, 3.05) is 13.2 Å². The Hall–Kier alpha value is -0.120. The van der Waals surface area contributed by atoms with E-state index in [0.717, 1.165) is 6.42 Å². The lowest BCUT2D eigenvalue weighted by atomic mass is 9.70. The largest absolute Gasteiger partial charge is 0.394 e. The highest BCUT2D eigenvalue weighted by Crippen LogP contribution is 2.42. The molecule has 0 saturated heterocycles. The number of ether oxygens (including phenoxy) is 1. The molecule has 0 spiro atoms. The first-order valence-electron chi connectivity index (χ1n) is 6.45. The summed E-state index contributed by atoms with van der Waals surface area (Å²) < 4.78 is 5.99. The zero-order chi connectivity index (χ0) is 12.2. The zero-order valence-electron chi connectivity index (χ0n) is 10.8. The topological polar surface area (TPSA) is 49.7 Å². The molecule has 0 aromatic heterocycles. The van der Waals surface area contributed by atoms with Crippen molar-refractivity contribution in [3.63, 3.8) is 0 Å². The normalized spacial score (nSPS) is 33.0. The molecule has 1 aliphatic carbocycles. The predicted octanol–water partition coefficient (Wildman–Crippen LogP) is 1.96. The Kier molecular flexibility index (Phi) is 5.22. The number of hydrogen-bond donors (Lipinski definition) is 2. The molecule has 1 rings (SSSR count). The van der Waals surface area contributed by atoms with E-state index >= 15 is 0 Å². The molecule has 3 atom stereocenters. The second kappa shape index (κ2) is 5.99. The van der Waals surface area contributed by atoms with E-state index in [-0.39, 0.29) is 18.8 Å². The van der Waals surface area contributed by atoms with Crippen LogP contribution in [0.5, 0.6) is 0 Å². The summed E-state index contributed by atoms with van der Waals surface area (Å²) in [5.74, 6) is 0.987. The first kappa shape index (κ1) is 13.9. The number of aliphatic hydroxyl groups excluding tert-OH is 2. The van der Waals surface area contributed by atoms with Gasteiger partial charge in [-0.2, -0.15) is 0 Å². The van der Waals surface area contributed by atoms with Gasteiger partial charge in [-0.25, -0.2) is 0 Å². The molecule has 3 unspecified atom stereocenters. The molecule has 2 N–H and O–H groups in total. The molecule has 0 bridgehead atoms. The number of rotatable bonds is 5. The van der Waals surface area contributed by atoms with Crippen LogP contribution in [0.3, 0.4) is 0 Å². The summed E-state index contributed by atoms with van der Waals surface area (Å²) in [4.78, 5) is 0. The smallest absolute Gasteiger partial charge is 0.100 e. The van der Waals surface area contributed by atoms with E-state index in [1.165, 1.54) is 19.3 Å². The fourth-order valence-corrected chi connectivity index (χ4v) is 2.89. The third kappa shape index (κ3) is 2.96. The van der Waals surface area contributed by atoms with Crippen LogP contribution in [0.25, 0.3) is 0 Å². The summed E-state index contributed by atoms with van der Waals surface area (Å²) in [5.41, 5.74) is -0.103. The van der Waals surface area contributed by atoms with Gasteiger partial charge >= 0.3 is 0 Å². The van der Waals surface area contributed by atoms with E-state index in [1.807, 2.05) is 0 Å². The van der Waals surface area contributed by atoms with E-state index in [4.69, 9.17) is 9.84 Å². The second-order valence-electron chi connectivity index (χ2n) is 5.40. The Balaban J connectivity index is 2.64. The first-order valence-corrected chi connectivity index (χ1v) is 6.45. The third-order valence-corrected chi connectivity index (χ3v) is 4.02. The van der Waals surface area contributed by atoms with Gasteiger partial charge in [-0.1, -0.05) is 33.6 Å². The van der Waals surface area contributed by atoms with Crippen LogP contribution in [-0.4, -0.2) is 35.1 Å². The van der Waals surface area contributed by atoms with E-state index in [2.05, 4.69) is 20.8 Å². The van der Waals surface area contributed by atoms with Crippen molar-refractivity contribution < 1.29 is 14.9 Å². The molecular formula is C13H26O3. The Morgan fingerprint density at radius 3 is 2.56 bits per heavy atom. The third-order valence-electron chi connectivity index (χ3n) is 4.02. The SMILES string of the molecule is CC(C)C1(OCC(O)CO)CCCCC1C. The maximum atomic E-state index is 9.40. The maximum absolute atomic E-state index is 9.40. The molecule has 1 aliphatic rings. The number of aliphatic hydroxyl groups is 2. The Labute approximate surface area is 98.8 Å². The van der Waals surface area contributed by atoms with E-state index in [0.29, 0.717) is 11.8 Å².